The van der Waals surface area contributed by atoms with Crippen LogP contribution in [0.1, 0.15) is 5.56 Å². The zero-order valence-electron chi connectivity index (χ0n) is 11.2. The minimum atomic E-state index is -0.0890. The normalized spacial score (nSPS) is 10.8. The van der Waals surface area contributed by atoms with E-state index in [-0.39, 0.29) is 5.56 Å². The van der Waals surface area contributed by atoms with Crippen molar-refractivity contribution in [3.8, 4) is 5.82 Å². The molecule has 0 bridgehead atoms. The minimum absolute atomic E-state index is 0.0890. The van der Waals surface area contributed by atoms with Gasteiger partial charge in [0.2, 0.25) is 0 Å². The van der Waals surface area contributed by atoms with E-state index in [1.807, 2.05) is 25.3 Å². The van der Waals surface area contributed by atoms with Gasteiger partial charge in [-0.15, -0.1) is 6.58 Å². The highest BCUT2D eigenvalue weighted by Gasteiger charge is 2.12. The quantitative estimate of drug-likeness (QED) is 0.680. The fourth-order valence-corrected chi connectivity index (χ4v) is 2.27. The molecule has 3 heterocycles. The topological polar surface area (TPSA) is 52.7 Å². The molecule has 20 heavy (non-hydrogen) atoms. The molecule has 0 aliphatic heterocycles. The Kier molecular flexibility index (Phi) is 2.95. The summed E-state index contributed by atoms with van der Waals surface area (Å²) in [6.07, 6.45) is 7.65. The number of allylic oxidation sites excluding steroid dienone is 1. The van der Waals surface area contributed by atoms with E-state index in [1.54, 1.807) is 34.0 Å². The van der Waals surface area contributed by atoms with Crippen LogP contribution in [0, 0.1) is 0 Å². The van der Waals surface area contributed by atoms with E-state index in [0.29, 0.717) is 11.2 Å². The van der Waals surface area contributed by atoms with Gasteiger partial charge < -0.3 is 0 Å². The van der Waals surface area contributed by atoms with Gasteiger partial charge >= 0.3 is 0 Å². The van der Waals surface area contributed by atoms with Crippen LogP contribution in [-0.2, 0) is 13.5 Å². The van der Waals surface area contributed by atoms with Crippen molar-refractivity contribution in [3.05, 3.63) is 65.4 Å². The molecule has 100 valence electrons. The molecule has 0 saturated heterocycles. The number of hydrogen-bond donors (Lipinski definition) is 0. The van der Waals surface area contributed by atoms with Crippen LogP contribution in [0.25, 0.3) is 16.7 Å². The Morgan fingerprint density at radius 1 is 1.30 bits per heavy atom. The molecule has 0 spiro atoms. The second-order valence-electron chi connectivity index (χ2n) is 4.55. The summed E-state index contributed by atoms with van der Waals surface area (Å²) < 4.78 is 3.31. The Labute approximate surface area is 115 Å². The van der Waals surface area contributed by atoms with E-state index in [4.69, 9.17) is 0 Å². The van der Waals surface area contributed by atoms with Crippen LogP contribution >= 0.6 is 0 Å². The molecule has 5 heteroatoms. The highest BCUT2D eigenvalue weighted by atomic mass is 16.1. The van der Waals surface area contributed by atoms with Crippen molar-refractivity contribution in [1.82, 2.24) is 19.3 Å². The molecular formula is C15H14N4O. The third kappa shape index (κ3) is 1.84. The Hall–Kier alpha value is -2.69. The van der Waals surface area contributed by atoms with E-state index in [9.17, 15) is 4.79 Å². The van der Waals surface area contributed by atoms with Crippen molar-refractivity contribution < 1.29 is 0 Å². The van der Waals surface area contributed by atoms with Gasteiger partial charge in [0.25, 0.3) is 5.56 Å². The van der Waals surface area contributed by atoms with Crippen LogP contribution in [0.2, 0.25) is 0 Å². The van der Waals surface area contributed by atoms with Crippen molar-refractivity contribution in [2.24, 2.45) is 7.05 Å². The Morgan fingerprint density at radius 3 is 2.80 bits per heavy atom. The minimum Gasteiger partial charge on any atom is -0.277 e. The van der Waals surface area contributed by atoms with Gasteiger partial charge in [0.15, 0.2) is 5.82 Å². The lowest BCUT2D eigenvalue weighted by molar-refractivity contribution is 0.651. The van der Waals surface area contributed by atoms with Crippen LogP contribution in [0.5, 0.6) is 0 Å². The molecule has 0 aliphatic carbocycles. The number of hydrogen-bond acceptors (Lipinski definition) is 3. The lowest BCUT2D eigenvalue weighted by atomic mass is 10.2. The van der Waals surface area contributed by atoms with E-state index < -0.39 is 0 Å². The van der Waals surface area contributed by atoms with Gasteiger partial charge in [-0.05, 0) is 24.1 Å². The predicted molar refractivity (Wildman–Crippen MR) is 78.0 cm³/mol. The van der Waals surface area contributed by atoms with E-state index in [2.05, 4.69) is 16.5 Å². The second kappa shape index (κ2) is 4.77. The van der Waals surface area contributed by atoms with Crippen LogP contribution in [0.15, 0.2) is 54.2 Å². The SMILES string of the molecule is C=CCc1ccc(-n2c(=O)c3ccncc3n2C)nc1. The molecular weight excluding hydrogens is 252 g/mol. The summed E-state index contributed by atoms with van der Waals surface area (Å²) in [5, 5.41) is 0.638. The maximum Gasteiger partial charge on any atom is 0.280 e. The average Bonchev–Trinajstić information content (AvgIpc) is 2.73. The van der Waals surface area contributed by atoms with Gasteiger partial charge in [0.05, 0.1) is 17.1 Å². The van der Waals surface area contributed by atoms with Crippen LogP contribution in [-0.4, -0.2) is 19.3 Å². The zero-order valence-corrected chi connectivity index (χ0v) is 11.2. The van der Waals surface area contributed by atoms with Gasteiger partial charge in [0.1, 0.15) is 0 Å². The second-order valence-corrected chi connectivity index (χ2v) is 4.55. The zero-order chi connectivity index (χ0) is 14.1. The highest BCUT2D eigenvalue weighted by Crippen LogP contribution is 2.11. The molecule has 0 atom stereocenters. The molecule has 0 N–H and O–H groups in total. The van der Waals surface area contributed by atoms with Crippen molar-refractivity contribution in [1.29, 1.82) is 0 Å². The number of aromatic nitrogens is 4. The molecule has 0 aromatic carbocycles. The number of rotatable bonds is 3. The van der Waals surface area contributed by atoms with Crippen molar-refractivity contribution in [3.63, 3.8) is 0 Å². The summed E-state index contributed by atoms with van der Waals surface area (Å²) in [5.74, 6) is 0.599. The number of fused-ring (bicyclic) bond motifs is 1. The molecule has 0 unspecified atom stereocenters. The number of nitrogens with zero attached hydrogens (tertiary/aromatic N) is 4. The first-order valence-corrected chi connectivity index (χ1v) is 6.30. The first-order valence-electron chi connectivity index (χ1n) is 6.30. The molecule has 0 fully saturated rings. The fraction of sp³-hybridized carbons (Fsp3) is 0.133. The molecule has 3 aromatic heterocycles. The highest BCUT2D eigenvalue weighted by molar-refractivity contribution is 5.77. The lowest BCUT2D eigenvalue weighted by Crippen LogP contribution is -2.20. The van der Waals surface area contributed by atoms with E-state index >= 15 is 0 Å². The Bertz CT molecular complexity index is 827. The summed E-state index contributed by atoms with van der Waals surface area (Å²) in [6.45, 7) is 3.70. The molecule has 0 amide bonds. The monoisotopic (exact) mass is 266 g/mol. The molecule has 0 saturated carbocycles. The summed E-state index contributed by atoms with van der Waals surface area (Å²) in [5.41, 5.74) is 1.76. The Morgan fingerprint density at radius 2 is 2.15 bits per heavy atom. The van der Waals surface area contributed by atoms with Gasteiger partial charge in [-0.25, -0.2) is 4.98 Å². The fourth-order valence-electron chi connectivity index (χ4n) is 2.27. The van der Waals surface area contributed by atoms with Gasteiger partial charge in [0, 0.05) is 19.4 Å². The first-order chi connectivity index (χ1) is 9.72. The van der Waals surface area contributed by atoms with Gasteiger partial charge in [-0.1, -0.05) is 12.1 Å². The van der Waals surface area contributed by atoms with E-state index in [1.165, 1.54) is 0 Å². The van der Waals surface area contributed by atoms with Crippen molar-refractivity contribution in [2.75, 3.05) is 0 Å². The van der Waals surface area contributed by atoms with Gasteiger partial charge in [-0.3, -0.25) is 14.5 Å². The third-order valence-electron chi connectivity index (χ3n) is 3.28. The first kappa shape index (κ1) is 12.3. The molecule has 0 aliphatic rings. The summed E-state index contributed by atoms with van der Waals surface area (Å²) in [6, 6.07) is 5.51. The predicted octanol–water partition coefficient (Wildman–Crippen LogP) is 1.85. The average molecular weight is 266 g/mol. The van der Waals surface area contributed by atoms with Crippen LogP contribution in [0.3, 0.4) is 0 Å². The van der Waals surface area contributed by atoms with E-state index in [0.717, 1.165) is 17.5 Å². The third-order valence-corrected chi connectivity index (χ3v) is 3.28. The lowest BCUT2D eigenvalue weighted by Gasteiger charge is -2.06. The molecule has 0 radical (unpaired) electrons. The smallest absolute Gasteiger partial charge is 0.277 e. The van der Waals surface area contributed by atoms with Crippen molar-refractivity contribution in [2.45, 2.75) is 6.42 Å². The van der Waals surface area contributed by atoms with Crippen molar-refractivity contribution >= 4 is 10.9 Å². The maximum absolute atomic E-state index is 12.4. The molecule has 3 aromatic rings. The largest absolute Gasteiger partial charge is 0.280 e. The Balaban J connectivity index is 2.19. The summed E-state index contributed by atoms with van der Waals surface area (Å²) >= 11 is 0. The van der Waals surface area contributed by atoms with Crippen LogP contribution in [0.4, 0.5) is 0 Å². The maximum atomic E-state index is 12.4. The number of aryl methyl sites for hydroxylation is 1. The summed E-state index contributed by atoms with van der Waals surface area (Å²) in [4.78, 5) is 20.8. The standard InChI is InChI=1S/C15H14N4O/c1-3-4-11-5-6-14(17-9-11)19-15(20)12-7-8-16-10-13(12)18(19)2/h3,5-10H,1,4H2,2H3. The number of pyridine rings is 2. The molecule has 5 nitrogen and oxygen atoms in total. The van der Waals surface area contributed by atoms with Gasteiger partial charge in [-0.2, -0.15) is 4.68 Å². The molecule has 3 rings (SSSR count). The summed E-state index contributed by atoms with van der Waals surface area (Å²) in [7, 11) is 1.82. The van der Waals surface area contributed by atoms with Crippen LogP contribution < -0.4 is 5.56 Å².